The van der Waals surface area contributed by atoms with Gasteiger partial charge in [-0.3, -0.25) is 4.79 Å². The van der Waals surface area contributed by atoms with E-state index in [2.05, 4.69) is 0 Å². The molecule has 2 unspecified atom stereocenters. The SMILES string of the molecule is CC(CC(=O)O)C(O)c1cc(F)ccc1F. The molecule has 1 aromatic carbocycles. The van der Waals surface area contributed by atoms with Gasteiger partial charge in [-0.15, -0.1) is 0 Å². The smallest absolute Gasteiger partial charge is 0.303 e. The fraction of sp³-hybridized carbons (Fsp3) is 0.364. The molecule has 0 aromatic heterocycles. The van der Waals surface area contributed by atoms with Gasteiger partial charge in [0, 0.05) is 5.56 Å². The van der Waals surface area contributed by atoms with E-state index in [1.54, 1.807) is 0 Å². The first-order valence-electron chi connectivity index (χ1n) is 4.76. The number of aliphatic hydroxyl groups is 1. The highest BCUT2D eigenvalue weighted by Crippen LogP contribution is 2.26. The molecule has 0 heterocycles. The Kier molecular flexibility index (Phi) is 3.95. The summed E-state index contributed by atoms with van der Waals surface area (Å²) in [5, 5.41) is 18.2. The van der Waals surface area contributed by atoms with E-state index < -0.39 is 29.6 Å². The second kappa shape index (κ2) is 5.03. The Morgan fingerprint density at radius 2 is 2.06 bits per heavy atom. The van der Waals surface area contributed by atoms with Crippen molar-refractivity contribution in [2.45, 2.75) is 19.4 Å². The van der Waals surface area contributed by atoms with Gasteiger partial charge in [-0.2, -0.15) is 0 Å². The van der Waals surface area contributed by atoms with Crippen molar-refractivity contribution < 1.29 is 23.8 Å². The quantitative estimate of drug-likeness (QED) is 0.832. The van der Waals surface area contributed by atoms with Gasteiger partial charge in [0.15, 0.2) is 0 Å². The maximum absolute atomic E-state index is 13.2. The third-order valence-electron chi connectivity index (χ3n) is 2.31. The third kappa shape index (κ3) is 3.00. The van der Waals surface area contributed by atoms with Gasteiger partial charge in [0.1, 0.15) is 11.6 Å². The van der Waals surface area contributed by atoms with Crippen LogP contribution in [0.2, 0.25) is 0 Å². The minimum absolute atomic E-state index is 0.214. The summed E-state index contributed by atoms with van der Waals surface area (Å²) < 4.78 is 26.1. The molecule has 0 bridgehead atoms. The Hall–Kier alpha value is -1.49. The van der Waals surface area contributed by atoms with Crippen LogP contribution in [0.1, 0.15) is 25.0 Å². The van der Waals surface area contributed by atoms with Crippen molar-refractivity contribution in [1.82, 2.24) is 0 Å². The molecule has 16 heavy (non-hydrogen) atoms. The molecule has 0 aliphatic heterocycles. The zero-order chi connectivity index (χ0) is 12.3. The molecule has 0 fully saturated rings. The van der Waals surface area contributed by atoms with Crippen molar-refractivity contribution in [2.24, 2.45) is 5.92 Å². The summed E-state index contributed by atoms with van der Waals surface area (Å²) in [5.41, 5.74) is -0.214. The summed E-state index contributed by atoms with van der Waals surface area (Å²) in [6, 6.07) is 2.72. The molecule has 0 amide bonds. The summed E-state index contributed by atoms with van der Waals surface area (Å²) in [5.74, 6) is -3.19. The van der Waals surface area contributed by atoms with Crippen LogP contribution in [0.15, 0.2) is 18.2 Å². The number of carbonyl (C=O) groups is 1. The number of aliphatic carboxylic acids is 1. The van der Waals surface area contributed by atoms with Crippen LogP contribution in [0.3, 0.4) is 0 Å². The van der Waals surface area contributed by atoms with E-state index in [9.17, 15) is 18.7 Å². The molecule has 1 aromatic rings. The maximum atomic E-state index is 13.2. The van der Waals surface area contributed by atoms with E-state index in [1.807, 2.05) is 0 Å². The predicted molar refractivity (Wildman–Crippen MR) is 52.7 cm³/mol. The number of hydrogen-bond acceptors (Lipinski definition) is 2. The molecule has 2 N–H and O–H groups in total. The van der Waals surface area contributed by atoms with Crippen molar-refractivity contribution in [3.8, 4) is 0 Å². The van der Waals surface area contributed by atoms with Gasteiger partial charge in [-0.05, 0) is 24.1 Å². The van der Waals surface area contributed by atoms with E-state index in [-0.39, 0.29) is 12.0 Å². The van der Waals surface area contributed by atoms with E-state index in [1.165, 1.54) is 6.92 Å². The largest absolute Gasteiger partial charge is 0.481 e. The molecule has 0 spiro atoms. The van der Waals surface area contributed by atoms with Crippen LogP contribution in [0.4, 0.5) is 8.78 Å². The highest BCUT2D eigenvalue weighted by molar-refractivity contribution is 5.67. The normalized spacial score (nSPS) is 14.5. The average molecular weight is 230 g/mol. The molecule has 0 aliphatic rings. The van der Waals surface area contributed by atoms with Crippen molar-refractivity contribution in [2.75, 3.05) is 0 Å². The topological polar surface area (TPSA) is 57.5 Å². The van der Waals surface area contributed by atoms with Crippen LogP contribution in [0, 0.1) is 17.6 Å². The van der Waals surface area contributed by atoms with E-state index >= 15 is 0 Å². The van der Waals surface area contributed by atoms with Gasteiger partial charge in [-0.1, -0.05) is 6.92 Å². The van der Waals surface area contributed by atoms with Gasteiger partial charge in [0.25, 0.3) is 0 Å². The molecule has 3 nitrogen and oxygen atoms in total. The van der Waals surface area contributed by atoms with E-state index in [0.29, 0.717) is 0 Å². The Labute approximate surface area is 91.3 Å². The molecule has 0 radical (unpaired) electrons. The van der Waals surface area contributed by atoms with Gasteiger partial charge < -0.3 is 10.2 Å². The number of carboxylic acids is 1. The highest BCUT2D eigenvalue weighted by atomic mass is 19.1. The van der Waals surface area contributed by atoms with Crippen LogP contribution in [0.25, 0.3) is 0 Å². The Morgan fingerprint density at radius 3 is 2.62 bits per heavy atom. The second-order valence-electron chi connectivity index (χ2n) is 3.69. The molecular weight excluding hydrogens is 218 g/mol. The van der Waals surface area contributed by atoms with Crippen LogP contribution in [-0.2, 0) is 4.79 Å². The molecule has 2 atom stereocenters. The van der Waals surface area contributed by atoms with E-state index in [0.717, 1.165) is 18.2 Å². The summed E-state index contributed by atoms with van der Waals surface area (Å²) in [4.78, 5) is 10.4. The second-order valence-corrected chi connectivity index (χ2v) is 3.69. The summed E-state index contributed by atoms with van der Waals surface area (Å²) in [6.45, 7) is 1.46. The van der Waals surface area contributed by atoms with Crippen LogP contribution in [0.5, 0.6) is 0 Å². The molecule has 1 rings (SSSR count). The first-order chi connectivity index (χ1) is 7.41. The number of aliphatic hydroxyl groups excluding tert-OH is 1. The molecule has 0 saturated heterocycles. The van der Waals surface area contributed by atoms with Gasteiger partial charge in [-0.25, -0.2) is 8.78 Å². The minimum Gasteiger partial charge on any atom is -0.481 e. The third-order valence-corrected chi connectivity index (χ3v) is 2.31. The minimum atomic E-state index is -1.33. The lowest BCUT2D eigenvalue weighted by Gasteiger charge is -2.17. The number of hydrogen-bond donors (Lipinski definition) is 2. The van der Waals surface area contributed by atoms with Crippen molar-refractivity contribution in [3.05, 3.63) is 35.4 Å². The first-order valence-corrected chi connectivity index (χ1v) is 4.76. The Balaban J connectivity index is 2.90. The highest BCUT2D eigenvalue weighted by Gasteiger charge is 2.22. The van der Waals surface area contributed by atoms with Crippen LogP contribution >= 0.6 is 0 Å². The lowest BCUT2D eigenvalue weighted by molar-refractivity contribution is -0.139. The van der Waals surface area contributed by atoms with Crippen molar-refractivity contribution in [1.29, 1.82) is 0 Å². The molecule has 88 valence electrons. The van der Waals surface area contributed by atoms with Crippen LogP contribution < -0.4 is 0 Å². The van der Waals surface area contributed by atoms with Gasteiger partial charge in [0.2, 0.25) is 0 Å². The zero-order valence-corrected chi connectivity index (χ0v) is 8.65. The predicted octanol–water partition coefficient (Wildman–Crippen LogP) is 2.11. The number of halogens is 2. The summed E-state index contributed by atoms with van der Waals surface area (Å²) in [6.07, 6.45) is -1.64. The Bertz CT molecular complexity index is 393. The maximum Gasteiger partial charge on any atom is 0.303 e. The van der Waals surface area contributed by atoms with Crippen LogP contribution in [-0.4, -0.2) is 16.2 Å². The summed E-state index contributed by atoms with van der Waals surface area (Å²) >= 11 is 0. The molecule has 5 heteroatoms. The van der Waals surface area contributed by atoms with Gasteiger partial charge in [0.05, 0.1) is 12.5 Å². The first kappa shape index (κ1) is 12.6. The standard InChI is InChI=1S/C11H12F2O3/c1-6(4-10(14)15)11(16)8-5-7(12)2-3-9(8)13/h2-3,5-6,11,16H,4H2,1H3,(H,14,15). The fourth-order valence-electron chi connectivity index (χ4n) is 1.43. The monoisotopic (exact) mass is 230 g/mol. The number of benzene rings is 1. The lowest BCUT2D eigenvalue weighted by atomic mass is 9.94. The van der Waals surface area contributed by atoms with Crippen molar-refractivity contribution >= 4 is 5.97 Å². The lowest BCUT2D eigenvalue weighted by Crippen LogP contribution is -2.15. The van der Waals surface area contributed by atoms with E-state index in [4.69, 9.17) is 5.11 Å². The average Bonchev–Trinajstić information content (AvgIpc) is 2.19. The van der Waals surface area contributed by atoms with Crippen molar-refractivity contribution in [3.63, 3.8) is 0 Å². The Morgan fingerprint density at radius 1 is 1.44 bits per heavy atom. The molecular formula is C11H12F2O3. The zero-order valence-electron chi connectivity index (χ0n) is 8.65. The van der Waals surface area contributed by atoms with Gasteiger partial charge >= 0.3 is 5.97 Å². The molecule has 0 saturated carbocycles. The molecule has 0 aliphatic carbocycles. The fourth-order valence-corrected chi connectivity index (χ4v) is 1.43. The summed E-state index contributed by atoms with van der Waals surface area (Å²) in [7, 11) is 0. The number of carboxylic acid groups (broad SMARTS) is 1. The number of rotatable bonds is 4.